The number of nitrogens with zero attached hydrogens (tertiary/aromatic N) is 3. The zero-order valence-electron chi connectivity index (χ0n) is 13.5. The Morgan fingerprint density at radius 3 is 2.83 bits per heavy atom. The molecule has 1 atom stereocenters. The molecule has 23 heavy (non-hydrogen) atoms. The molecule has 120 valence electrons. The van der Waals surface area contributed by atoms with Crippen molar-refractivity contribution in [3.63, 3.8) is 0 Å². The number of hydrogen-bond donors (Lipinski definition) is 0. The second-order valence-electron chi connectivity index (χ2n) is 5.91. The van der Waals surface area contributed by atoms with Crippen LogP contribution in [0.25, 0.3) is 0 Å². The van der Waals surface area contributed by atoms with Gasteiger partial charge in [0.1, 0.15) is 5.69 Å². The number of amides is 1. The largest absolute Gasteiger partial charge is 0.467 e. The Balaban J connectivity index is 1.75. The van der Waals surface area contributed by atoms with Crippen molar-refractivity contribution in [2.45, 2.75) is 32.2 Å². The number of carbonyl (C=O) groups excluding carboxylic acids is 1. The maximum Gasteiger partial charge on any atom is 0.316 e. The minimum absolute atomic E-state index is 0.0414. The lowest BCUT2D eigenvalue weighted by Gasteiger charge is -2.24. The molecule has 3 rings (SSSR count). The molecule has 1 fully saturated rings. The lowest BCUT2D eigenvalue weighted by molar-refractivity contribution is 0.0729. The van der Waals surface area contributed by atoms with Gasteiger partial charge >= 0.3 is 6.01 Å². The molecule has 5 heteroatoms. The van der Waals surface area contributed by atoms with Crippen molar-refractivity contribution >= 4 is 5.91 Å². The van der Waals surface area contributed by atoms with Crippen molar-refractivity contribution in [2.24, 2.45) is 0 Å². The Hall–Kier alpha value is -2.43. The summed E-state index contributed by atoms with van der Waals surface area (Å²) in [5, 5.41) is 0. The van der Waals surface area contributed by atoms with Gasteiger partial charge in [-0.2, -0.15) is 4.98 Å². The van der Waals surface area contributed by atoms with Crippen molar-refractivity contribution in [3.8, 4) is 6.01 Å². The van der Waals surface area contributed by atoms with E-state index in [1.54, 1.807) is 12.3 Å². The third kappa shape index (κ3) is 3.50. The van der Waals surface area contributed by atoms with Gasteiger partial charge in [-0.05, 0) is 37.8 Å². The first-order valence-electron chi connectivity index (χ1n) is 7.91. The average Bonchev–Trinajstić information content (AvgIpc) is 3.04. The number of aromatic nitrogens is 2. The van der Waals surface area contributed by atoms with Crippen LogP contribution >= 0.6 is 0 Å². The standard InChI is InChI=1S/C18H21N3O2/c1-13-5-7-14(8-6-13)12-15-4-3-11-21(15)17(22)16-9-10-19-18(20-16)23-2/h5-10,15H,3-4,11-12H2,1-2H3. The van der Waals surface area contributed by atoms with Gasteiger partial charge in [-0.1, -0.05) is 29.8 Å². The van der Waals surface area contributed by atoms with Crippen LogP contribution in [-0.4, -0.2) is 40.5 Å². The van der Waals surface area contributed by atoms with E-state index in [0.717, 1.165) is 25.8 Å². The molecule has 2 heterocycles. The predicted octanol–water partition coefficient (Wildman–Crippen LogP) is 2.64. The molecule has 0 spiro atoms. The molecule has 1 aromatic heterocycles. The van der Waals surface area contributed by atoms with Crippen LogP contribution in [0.5, 0.6) is 6.01 Å². The molecule has 1 aliphatic heterocycles. The Bertz CT molecular complexity index is 685. The summed E-state index contributed by atoms with van der Waals surface area (Å²) in [6, 6.07) is 10.6. The Labute approximate surface area is 136 Å². The fourth-order valence-corrected chi connectivity index (χ4v) is 3.02. The molecule has 5 nitrogen and oxygen atoms in total. The number of likely N-dealkylation sites (tertiary alicyclic amines) is 1. The minimum Gasteiger partial charge on any atom is -0.467 e. The van der Waals surface area contributed by atoms with E-state index in [1.165, 1.54) is 18.2 Å². The first-order valence-corrected chi connectivity index (χ1v) is 7.91. The molecule has 0 bridgehead atoms. The van der Waals surface area contributed by atoms with Gasteiger partial charge in [0.25, 0.3) is 5.91 Å². The van der Waals surface area contributed by atoms with E-state index in [-0.39, 0.29) is 18.0 Å². The summed E-state index contributed by atoms with van der Waals surface area (Å²) in [7, 11) is 1.50. The average molecular weight is 311 g/mol. The number of benzene rings is 1. The maximum atomic E-state index is 12.7. The summed E-state index contributed by atoms with van der Waals surface area (Å²) in [5.74, 6) is -0.0414. The predicted molar refractivity (Wildman–Crippen MR) is 87.5 cm³/mol. The molecule has 2 aromatic rings. The smallest absolute Gasteiger partial charge is 0.316 e. The van der Waals surface area contributed by atoms with Crippen LogP contribution in [0.15, 0.2) is 36.5 Å². The Kier molecular flexibility index (Phi) is 4.55. The third-order valence-electron chi connectivity index (χ3n) is 4.27. The van der Waals surface area contributed by atoms with E-state index in [2.05, 4.69) is 41.2 Å². The van der Waals surface area contributed by atoms with E-state index in [4.69, 9.17) is 4.74 Å². The topological polar surface area (TPSA) is 55.3 Å². The number of ether oxygens (including phenoxy) is 1. The van der Waals surface area contributed by atoms with Crippen LogP contribution in [0.4, 0.5) is 0 Å². The van der Waals surface area contributed by atoms with Crippen LogP contribution in [0, 0.1) is 6.92 Å². The molecule has 0 saturated carbocycles. The second kappa shape index (κ2) is 6.77. The van der Waals surface area contributed by atoms with Crippen LogP contribution < -0.4 is 4.74 Å². The second-order valence-corrected chi connectivity index (χ2v) is 5.91. The number of methoxy groups -OCH3 is 1. The van der Waals surface area contributed by atoms with E-state index < -0.39 is 0 Å². The summed E-state index contributed by atoms with van der Waals surface area (Å²) in [4.78, 5) is 22.8. The van der Waals surface area contributed by atoms with Gasteiger partial charge < -0.3 is 9.64 Å². The maximum absolute atomic E-state index is 12.7. The highest BCUT2D eigenvalue weighted by Gasteiger charge is 2.30. The minimum atomic E-state index is -0.0414. The van der Waals surface area contributed by atoms with Crippen molar-refractivity contribution in [1.82, 2.24) is 14.9 Å². The van der Waals surface area contributed by atoms with Crippen molar-refractivity contribution in [1.29, 1.82) is 0 Å². The highest BCUT2D eigenvalue weighted by molar-refractivity contribution is 5.92. The van der Waals surface area contributed by atoms with E-state index in [1.807, 2.05) is 4.90 Å². The monoisotopic (exact) mass is 311 g/mol. The first-order chi connectivity index (χ1) is 11.2. The quantitative estimate of drug-likeness (QED) is 0.871. The molecule has 0 N–H and O–H groups in total. The molecule has 1 saturated heterocycles. The van der Waals surface area contributed by atoms with Gasteiger partial charge in [0.05, 0.1) is 7.11 Å². The summed E-state index contributed by atoms with van der Waals surface area (Å²) >= 11 is 0. The SMILES string of the molecule is COc1nccc(C(=O)N2CCCC2Cc2ccc(C)cc2)n1. The lowest BCUT2D eigenvalue weighted by Crippen LogP contribution is -2.37. The summed E-state index contributed by atoms with van der Waals surface area (Å²) in [6.07, 6.45) is 4.50. The molecule has 0 radical (unpaired) electrons. The highest BCUT2D eigenvalue weighted by atomic mass is 16.5. The summed E-state index contributed by atoms with van der Waals surface area (Å²) < 4.78 is 5.01. The van der Waals surface area contributed by atoms with Gasteiger partial charge in [-0.3, -0.25) is 4.79 Å². The Morgan fingerprint density at radius 1 is 1.30 bits per heavy atom. The van der Waals surface area contributed by atoms with E-state index >= 15 is 0 Å². The fraction of sp³-hybridized carbons (Fsp3) is 0.389. The molecular weight excluding hydrogens is 290 g/mol. The van der Waals surface area contributed by atoms with Crippen LogP contribution in [0.1, 0.15) is 34.5 Å². The van der Waals surface area contributed by atoms with Gasteiger partial charge in [-0.25, -0.2) is 4.98 Å². The zero-order valence-corrected chi connectivity index (χ0v) is 13.5. The molecular formula is C18H21N3O2. The number of hydrogen-bond acceptors (Lipinski definition) is 4. The fourth-order valence-electron chi connectivity index (χ4n) is 3.02. The lowest BCUT2D eigenvalue weighted by atomic mass is 10.0. The van der Waals surface area contributed by atoms with Crippen molar-refractivity contribution < 1.29 is 9.53 Å². The first kappa shape index (κ1) is 15.5. The third-order valence-corrected chi connectivity index (χ3v) is 4.27. The summed E-state index contributed by atoms with van der Waals surface area (Å²) in [6.45, 7) is 2.86. The van der Waals surface area contributed by atoms with Gasteiger partial charge in [0, 0.05) is 18.8 Å². The van der Waals surface area contributed by atoms with Gasteiger partial charge in [0.2, 0.25) is 0 Å². The molecule has 1 aliphatic rings. The zero-order chi connectivity index (χ0) is 16.2. The molecule has 1 unspecified atom stereocenters. The van der Waals surface area contributed by atoms with Gasteiger partial charge in [0.15, 0.2) is 0 Å². The van der Waals surface area contributed by atoms with Gasteiger partial charge in [-0.15, -0.1) is 0 Å². The molecule has 1 amide bonds. The molecule has 1 aromatic carbocycles. The van der Waals surface area contributed by atoms with Crippen molar-refractivity contribution in [3.05, 3.63) is 53.3 Å². The normalized spacial score (nSPS) is 17.3. The van der Waals surface area contributed by atoms with Crippen LogP contribution in [0.2, 0.25) is 0 Å². The molecule has 0 aliphatic carbocycles. The van der Waals surface area contributed by atoms with E-state index in [0.29, 0.717) is 5.69 Å². The van der Waals surface area contributed by atoms with E-state index in [9.17, 15) is 4.79 Å². The number of carbonyl (C=O) groups is 1. The summed E-state index contributed by atoms with van der Waals surface area (Å²) in [5.41, 5.74) is 2.91. The van der Waals surface area contributed by atoms with Crippen LogP contribution in [-0.2, 0) is 6.42 Å². The van der Waals surface area contributed by atoms with Crippen molar-refractivity contribution in [2.75, 3.05) is 13.7 Å². The number of rotatable bonds is 4. The van der Waals surface area contributed by atoms with Crippen LogP contribution in [0.3, 0.4) is 0 Å². The Morgan fingerprint density at radius 2 is 2.09 bits per heavy atom. The highest BCUT2D eigenvalue weighted by Crippen LogP contribution is 2.23. The number of aryl methyl sites for hydroxylation is 1.